The summed E-state index contributed by atoms with van der Waals surface area (Å²) in [6, 6.07) is 6.51. The van der Waals surface area contributed by atoms with Crippen LogP contribution >= 0.6 is 0 Å². The van der Waals surface area contributed by atoms with Crippen LogP contribution in [0.5, 0.6) is 5.75 Å². The van der Waals surface area contributed by atoms with Crippen molar-refractivity contribution < 1.29 is 9.84 Å². The summed E-state index contributed by atoms with van der Waals surface area (Å²) in [4.78, 5) is 2.39. The third kappa shape index (κ3) is 4.22. The second-order valence-corrected chi connectivity index (χ2v) is 5.45. The molecule has 21 heavy (non-hydrogen) atoms. The standard InChI is InChI=1S/C17H26N2O2/c1-14(5-3-4-12-20)16-7-6-15(13-17(16)21-2)19-10-8-18-9-11-19/h3-4,6-7,13-14,18,20H,5,8-12H2,1-2H3/b4-3-. The lowest BCUT2D eigenvalue weighted by molar-refractivity contribution is 0.342. The van der Waals surface area contributed by atoms with Gasteiger partial charge in [0.1, 0.15) is 5.75 Å². The zero-order chi connectivity index (χ0) is 15.1. The minimum absolute atomic E-state index is 0.103. The highest BCUT2D eigenvalue weighted by Crippen LogP contribution is 2.32. The van der Waals surface area contributed by atoms with Crippen molar-refractivity contribution in [2.75, 3.05) is 44.8 Å². The summed E-state index contributed by atoms with van der Waals surface area (Å²) in [5.74, 6) is 1.33. The maximum atomic E-state index is 8.81. The second kappa shape index (κ2) is 8.05. The largest absolute Gasteiger partial charge is 0.496 e. The molecule has 0 radical (unpaired) electrons. The number of rotatable bonds is 6. The van der Waals surface area contributed by atoms with Crippen LogP contribution < -0.4 is 15.0 Å². The number of nitrogens with one attached hydrogen (secondary N) is 1. The van der Waals surface area contributed by atoms with Gasteiger partial charge >= 0.3 is 0 Å². The molecule has 1 heterocycles. The number of allylic oxidation sites excluding steroid dienone is 1. The van der Waals surface area contributed by atoms with Gasteiger partial charge in [-0.05, 0) is 24.0 Å². The van der Waals surface area contributed by atoms with Crippen molar-refractivity contribution in [1.29, 1.82) is 0 Å². The zero-order valence-electron chi connectivity index (χ0n) is 13.0. The molecule has 1 aromatic rings. The number of nitrogens with zero attached hydrogens (tertiary/aromatic N) is 1. The first-order valence-electron chi connectivity index (χ1n) is 7.65. The molecule has 0 bridgehead atoms. The summed E-state index contributed by atoms with van der Waals surface area (Å²) in [7, 11) is 1.73. The first-order chi connectivity index (χ1) is 10.3. The lowest BCUT2D eigenvalue weighted by atomic mass is 9.96. The highest BCUT2D eigenvalue weighted by atomic mass is 16.5. The van der Waals surface area contributed by atoms with Gasteiger partial charge in [0, 0.05) is 37.9 Å². The second-order valence-electron chi connectivity index (χ2n) is 5.45. The molecule has 0 saturated carbocycles. The molecule has 116 valence electrons. The van der Waals surface area contributed by atoms with E-state index >= 15 is 0 Å². The van der Waals surface area contributed by atoms with Crippen LogP contribution in [0, 0.1) is 0 Å². The summed E-state index contributed by atoms with van der Waals surface area (Å²) in [5.41, 5.74) is 2.45. The minimum atomic E-state index is 0.103. The minimum Gasteiger partial charge on any atom is -0.496 e. The molecule has 4 nitrogen and oxygen atoms in total. The summed E-state index contributed by atoms with van der Waals surface area (Å²) in [6.07, 6.45) is 4.72. The van der Waals surface area contributed by atoms with Crippen LogP contribution in [-0.4, -0.2) is 45.0 Å². The van der Waals surface area contributed by atoms with E-state index in [1.54, 1.807) is 13.2 Å². The van der Waals surface area contributed by atoms with Gasteiger partial charge in [-0.25, -0.2) is 0 Å². The number of aliphatic hydroxyl groups is 1. The molecule has 0 aliphatic carbocycles. The number of anilines is 1. The maximum Gasteiger partial charge on any atom is 0.124 e. The third-order valence-electron chi connectivity index (χ3n) is 3.99. The Labute approximate surface area is 127 Å². The number of aliphatic hydroxyl groups excluding tert-OH is 1. The monoisotopic (exact) mass is 290 g/mol. The van der Waals surface area contributed by atoms with Crippen LogP contribution in [0.3, 0.4) is 0 Å². The van der Waals surface area contributed by atoms with Crippen LogP contribution in [0.15, 0.2) is 30.4 Å². The highest BCUT2D eigenvalue weighted by molar-refractivity contribution is 5.55. The fourth-order valence-electron chi connectivity index (χ4n) is 2.73. The van der Waals surface area contributed by atoms with E-state index in [1.165, 1.54) is 11.3 Å². The number of hydrogen-bond acceptors (Lipinski definition) is 4. The predicted octanol–water partition coefficient (Wildman–Crippen LogP) is 2.15. The Morgan fingerprint density at radius 1 is 1.33 bits per heavy atom. The van der Waals surface area contributed by atoms with E-state index in [-0.39, 0.29) is 6.61 Å². The fraction of sp³-hybridized carbons (Fsp3) is 0.529. The first-order valence-corrected chi connectivity index (χ1v) is 7.65. The zero-order valence-corrected chi connectivity index (χ0v) is 13.0. The summed E-state index contributed by atoms with van der Waals surface area (Å²) in [5, 5.41) is 12.2. The van der Waals surface area contributed by atoms with Gasteiger partial charge in [-0.1, -0.05) is 25.1 Å². The van der Waals surface area contributed by atoms with E-state index in [4.69, 9.17) is 9.84 Å². The van der Waals surface area contributed by atoms with E-state index in [0.717, 1.165) is 38.3 Å². The average molecular weight is 290 g/mol. The summed E-state index contributed by atoms with van der Waals surface area (Å²) in [6.45, 7) is 6.43. The molecule has 1 fully saturated rings. The molecule has 1 aliphatic heterocycles. The molecule has 1 saturated heterocycles. The quantitative estimate of drug-likeness (QED) is 0.788. The fourth-order valence-corrected chi connectivity index (χ4v) is 2.73. The number of ether oxygens (including phenoxy) is 1. The van der Waals surface area contributed by atoms with E-state index < -0.39 is 0 Å². The molecule has 0 amide bonds. The molecule has 1 atom stereocenters. The molecule has 2 rings (SSSR count). The average Bonchev–Trinajstić information content (AvgIpc) is 2.55. The van der Waals surface area contributed by atoms with Crippen molar-refractivity contribution in [3.63, 3.8) is 0 Å². The van der Waals surface area contributed by atoms with Crippen LogP contribution in [0.2, 0.25) is 0 Å². The maximum absolute atomic E-state index is 8.81. The van der Waals surface area contributed by atoms with Gasteiger partial charge in [-0.15, -0.1) is 0 Å². The Morgan fingerprint density at radius 2 is 2.10 bits per heavy atom. The first kappa shape index (κ1) is 15.9. The molecule has 0 spiro atoms. The van der Waals surface area contributed by atoms with Crippen molar-refractivity contribution in [1.82, 2.24) is 5.32 Å². The lowest BCUT2D eigenvalue weighted by Crippen LogP contribution is -2.43. The Kier molecular flexibility index (Phi) is 6.08. The third-order valence-corrected chi connectivity index (χ3v) is 3.99. The lowest BCUT2D eigenvalue weighted by Gasteiger charge is -2.30. The smallest absolute Gasteiger partial charge is 0.124 e. The van der Waals surface area contributed by atoms with E-state index in [2.05, 4.69) is 35.3 Å². The summed E-state index contributed by atoms with van der Waals surface area (Å²) >= 11 is 0. The highest BCUT2D eigenvalue weighted by Gasteiger charge is 2.15. The van der Waals surface area contributed by atoms with Crippen LogP contribution in [0.4, 0.5) is 5.69 Å². The van der Waals surface area contributed by atoms with Gasteiger partial charge in [0.15, 0.2) is 0 Å². The van der Waals surface area contributed by atoms with Crippen LogP contribution in [0.1, 0.15) is 24.8 Å². The van der Waals surface area contributed by atoms with Gasteiger partial charge in [0.25, 0.3) is 0 Å². The Hall–Kier alpha value is -1.52. The molecule has 2 N–H and O–H groups in total. The molecule has 1 unspecified atom stereocenters. The summed E-state index contributed by atoms with van der Waals surface area (Å²) < 4.78 is 5.59. The van der Waals surface area contributed by atoms with Gasteiger partial charge in [-0.2, -0.15) is 0 Å². The van der Waals surface area contributed by atoms with Crippen molar-refractivity contribution in [3.05, 3.63) is 35.9 Å². The predicted molar refractivity (Wildman–Crippen MR) is 87.3 cm³/mol. The Morgan fingerprint density at radius 3 is 2.76 bits per heavy atom. The molecule has 4 heteroatoms. The number of piperazine rings is 1. The number of benzene rings is 1. The van der Waals surface area contributed by atoms with Crippen LogP contribution in [-0.2, 0) is 0 Å². The van der Waals surface area contributed by atoms with Gasteiger partial charge in [-0.3, -0.25) is 0 Å². The van der Waals surface area contributed by atoms with E-state index in [0.29, 0.717) is 5.92 Å². The van der Waals surface area contributed by atoms with Crippen molar-refractivity contribution >= 4 is 5.69 Å². The van der Waals surface area contributed by atoms with Crippen molar-refractivity contribution in [2.24, 2.45) is 0 Å². The SMILES string of the molecule is COc1cc(N2CCNCC2)ccc1C(C)C/C=C\CO. The molecule has 1 aromatic carbocycles. The van der Waals surface area contributed by atoms with Crippen molar-refractivity contribution in [3.8, 4) is 5.75 Å². The Bertz CT molecular complexity index is 468. The normalized spacial score (nSPS) is 17.2. The number of methoxy groups -OCH3 is 1. The molecule has 1 aliphatic rings. The topological polar surface area (TPSA) is 44.7 Å². The van der Waals surface area contributed by atoms with Crippen LogP contribution in [0.25, 0.3) is 0 Å². The van der Waals surface area contributed by atoms with Gasteiger partial charge in [0.2, 0.25) is 0 Å². The Balaban J connectivity index is 2.13. The molecular weight excluding hydrogens is 264 g/mol. The van der Waals surface area contributed by atoms with Gasteiger partial charge in [0.05, 0.1) is 13.7 Å². The van der Waals surface area contributed by atoms with Crippen molar-refractivity contribution in [2.45, 2.75) is 19.3 Å². The molecule has 0 aromatic heterocycles. The van der Waals surface area contributed by atoms with Gasteiger partial charge < -0.3 is 20.1 Å². The van der Waals surface area contributed by atoms with E-state index in [9.17, 15) is 0 Å². The molecular formula is C17H26N2O2. The van der Waals surface area contributed by atoms with E-state index in [1.807, 2.05) is 6.08 Å². The number of hydrogen-bond donors (Lipinski definition) is 2.